The van der Waals surface area contributed by atoms with Crippen molar-refractivity contribution in [2.75, 3.05) is 4.90 Å². The Balaban J connectivity index is 0.635. The molecule has 0 N–H and O–H groups in total. The average molecular weight is 1200 g/mol. The third kappa shape index (κ3) is 9.54. The smallest absolute Gasteiger partial charge is 0.0541 e. The van der Waals surface area contributed by atoms with Gasteiger partial charge < -0.3 is 18.6 Å². The van der Waals surface area contributed by atoms with E-state index in [0.717, 1.165) is 23.5 Å². The van der Waals surface area contributed by atoms with E-state index in [1.54, 1.807) is 0 Å². The van der Waals surface area contributed by atoms with E-state index in [1.807, 2.05) is 0 Å². The lowest BCUT2D eigenvalue weighted by molar-refractivity contribution is 0.856. The molecule has 0 aliphatic heterocycles. The minimum absolute atomic E-state index is 0.264. The van der Waals surface area contributed by atoms with Gasteiger partial charge in [-0.3, -0.25) is 0 Å². The van der Waals surface area contributed by atoms with E-state index in [9.17, 15) is 0 Å². The average Bonchev–Trinajstić information content (AvgIpc) is 1.63. The molecule has 0 bridgehead atoms. The normalized spacial score (nSPS) is 13.2. The van der Waals surface area contributed by atoms with Gasteiger partial charge in [0, 0.05) is 72.4 Å². The van der Waals surface area contributed by atoms with E-state index >= 15 is 0 Å². The summed E-state index contributed by atoms with van der Waals surface area (Å²) in [7, 11) is 0. The van der Waals surface area contributed by atoms with Crippen molar-refractivity contribution < 1.29 is 0 Å². The molecule has 1 aliphatic carbocycles. The van der Waals surface area contributed by atoms with Gasteiger partial charge in [-0.25, -0.2) is 0 Å². The van der Waals surface area contributed by atoms with Crippen molar-refractivity contribution in [1.82, 2.24) is 13.7 Å². The Labute approximate surface area is 546 Å². The van der Waals surface area contributed by atoms with Crippen molar-refractivity contribution in [3.63, 3.8) is 0 Å². The first kappa shape index (κ1) is 54.7. The monoisotopic (exact) mass is 1200 g/mol. The van der Waals surface area contributed by atoms with Crippen LogP contribution in [0.4, 0.5) is 17.1 Å². The lowest BCUT2D eigenvalue weighted by Gasteiger charge is -2.27. The minimum Gasteiger partial charge on any atom is -0.311 e. The van der Waals surface area contributed by atoms with Gasteiger partial charge in [-0.1, -0.05) is 231 Å². The van der Waals surface area contributed by atoms with Crippen LogP contribution in [-0.4, -0.2) is 13.7 Å². The molecule has 18 rings (SSSR count). The number of hydrogen-bond donors (Lipinski definition) is 0. The molecule has 17 aromatic rings. The van der Waals surface area contributed by atoms with E-state index in [1.165, 1.54) is 144 Å². The molecule has 4 nitrogen and oxygen atoms in total. The third-order valence-corrected chi connectivity index (χ3v) is 19.4. The van der Waals surface area contributed by atoms with Gasteiger partial charge in [-0.05, 0) is 195 Å². The largest absolute Gasteiger partial charge is 0.311 e. The molecule has 94 heavy (non-hydrogen) atoms. The van der Waals surface area contributed by atoms with Gasteiger partial charge in [0.1, 0.15) is 0 Å². The number of hydrogen-bond acceptors (Lipinski definition) is 1. The number of nitrogens with zero attached hydrogens (tertiary/aromatic N) is 4. The summed E-state index contributed by atoms with van der Waals surface area (Å²) in [4.78, 5) is 2.39. The summed E-state index contributed by atoms with van der Waals surface area (Å²) in [5, 5.41) is 7.54. The molecule has 0 radical (unpaired) electrons. The number of benzene rings is 14. The molecule has 0 saturated heterocycles. The lowest BCUT2D eigenvalue weighted by atomic mass is 9.88. The van der Waals surface area contributed by atoms with E-state index in [0.29, 0.717) is 0 Å². The number of anilines is 3. The first-order chi connectivity index (χ1) is 46.6. The third-order valence-electron chi connectivity index (χ3n) is 19.4. The highest BCUT2D eigenvalue weighted by molar-refractivity contribution is 6.13. The summed E-state index contributed by atoms with van der Waals surface area (Å²) in [6.45, 7) is 0. The van der Waals surface area contributed by atoms with Gasteiger partial charge in [0.15, 0.2) is 0 Å². The van der Waals surface area contributed by atoms with Gasteiger partial charge in [-0.15, -0.1) is 0 Å². The van der Waals surface area contributed by atoms with Crippen LogP contribution in [0.2, 0.25) is 0 Å². The zero-order chi connectivity index (χ0) is 62.1. The first-order valence-corrected chi connectivity index (χ1v) is 32.6. The van der Waals surface area contributed by atoms with Gasteiger partial charge in [-0.2, -0.15) is 0 Å². The van der Waals surface area contributed by atoms with E-state index in [4.69, 9.17) is 0 Å². The molecule has 1 unspecified atom stereocenters. The lowest BCUT2D eigenvalue weighted by Crippen LogP contribution is -2.10. The molecule has 0 amide bonds. The molecule has 4 heteroatoms. The van der Waals surface area contributed by atoms with Crippen LogP contribution in [-0.2, 0) is 0 Å². The quantitative estimate of drug-likeness (QED) is 0.119. The van der Waals surface area contributed by atoms with Crippen LogP contribution in [0, 0.1) is 0 Å². The molecular weight excluding hydrogens is 1140 g/mol. The maximum absolute atomic E-state index is 2.42. The predicted molar refractivity (Wildman–Crippen MR) is 397 cm³/mol. The summed E-state index contributed by atoms with van der Waals surface area (Å²) in [6.07, 6.45) is 8.07. The van der Waals surface area contributed by atoms with E-state index in [2.05, 4.69) is 377 Å². The molecule has 0 fully saturated rings. The van der Waals surface area contributed by atoms with Crippen molar-refractivity contribution in [2.24, 2.45) is 0 Å². The van der Waals surface area contributed by atoms with Crippen molar-refractivity contribution >= 4 is 88.1 Å². The molecule has 0 spiro atoms. The zero-order valence-corrected chi connectivity index (χ0v) is 51.6. The van der Waals surface area contributed by atoms with Crippen molar-refractivity contribution in [2.45, 2.75) is 12.3 Å². The summed E-state index contributed by atoms with van der Waals surface area (Å²) in [6, 6.07) is 124. The highest BCUT2D eigenvalue weighted by Crippen LogP contribution is 2.43. The number of allylic oxidation sites excluding steroid dienone is 4. The SMILES string of the molecule is C1=CC(c2ccc(N(c3ccc(-c4ccc(-c5ccc6c(c5)c5ccccc5n6-c5ccccc5)cc4)cc3)c3ccc(-c4ccc(-c5ccc6c(c5)c5ccccc5n6-c5ccccc5)cc4)cc3)cc2)CC=C1c1ccc2c(c1)c1ccccc1n2-c1ccccc1. The maximum Gasteiger partial charge on any atom is 0.0541 e. The Morgan fingerprint density at radius 3 is 0.894 bits per heavy atom. The Morgan fingerprint density at radius 2 is 0.532 bits per heavy atom. The molecule has 14 aromatic carbocycles. The molecule has 3 aromatic heterocycles. The van der Waals surface area contributed by atoms with Crippen LogP contribution in [0.25, 0.3) is 133 Å². The van der Waals surface area contributed by atoms with Crippen LogP contribution >= 0.6 is 0 Å². The number of para-hydroxylation sites is 6. The molecule has 1 atom stereocenters. The van der Waals surface area contributed by atoms with Crippen LogP contribution in [0.3, 0.4) is 0 Å². The highest BCUT2D eigenvalue weighted by atomic mass is 15.1. The van der Waals surface area contributed by atoms with Crippen molar-refractivity contribution in [1.29, 1.82) is 0 Å². The molecule has 0 saturated carbocycles. The fourth-order valence-electron chi connectivity index (χ4n) is 14.7. The van der Waals surface area contributed by atoms with Gasteiger partial charge in [0.2, 0.25) is 0 Å². The van der Waals surface area contributed by atoms with Crippen molar-refractivity contribution in [3.05, 3.63) is 369 Å². The molecule has 1 aliphatic rings. The predicted octanol–water partition coefficient (Wildman–Crippen LogP) is 24.2. The highest BCUT2D eigenvalue weighted by Gasteiger charge is 2.21. The topological polar surface area (TPSA) is 18.0 Å². The summed E-state index contributed by atoms with van der Waals surface area (Å²) < 4.78 is 7.13. The molecule has 3 heterocycles. The second-order valence-electron chi connectivity index (χ2n) is 24.8. The first-order valence-electron chi connectivity index (χ1n) is 32.6. The van der Waals surface area contributed by atoms with Crippen molar-refractivity contribution in [3.8, 4) is 61.6 Å². The fraction of sp³-hybridized carbons (Fsp3) is 0.0222. The Hall–Kier alpha value is -12.2. The van der Waals surface area contributed by atoms with Crippen LogP contribution in [0.15, 0.2) is 358 Å². The van der Waals surface area contributed by atoms with E-state index < -0.39 is 0 Å². The number of rotatable bonds is 12. The Kier molecular flexibility index (Phi) is 13.3. The minimum atomic E-state index is 0.264. The summed E-state index contributed by atoms with van der Waals surface area (Å²) >= 11 is 0. The zero-order valence-electron chi connectivity index (χ0n) is 51.6. The Bertz CT molecular complexity index is 5510. The standard InChI is InChI=1S/C90H62N4/c1-4-16-73(17-5-1)92-85-25-13-10-22-79(85)82-58-70(46-55-88(82)92)67-34-28-61(29-35-67)64-40-49-76(50-41-64)91(77-51-42-65(43-52-77)62-30-36-68(37-31-62)71-47-56-89-83(59-71)80-23-11-14-26-86(80)93(89)74-18-6-2-7-19-74)78-53-44-66(45-54-78)63-32-38-69(39-33-63)72-48-57-90-84(60-72)81-24-12-15-27-87(81)94(90)75-20-8-3-9-21-75/h1-32,34-60,63H,33H2. The van der Waals surface area contributed by atoms with E-state index in [-0.39, 0.29) is 5.92 Å². The molecular formula is C90H62N4. The second kappa shape index (κ2) is 22.9. The number of fused-ring (bicyclic) bond motifs is 9. The van der Waals surface area contributed by atoms with Crippen LogP contribution in [0.5, 0.6) is 0 Å². The fourth-order valence-corrected chi connectivity index (χ4v) is 14.7. The molecule has 442 valence electrons. The number of aromatic nitrogens is 3. The second-order valence-corrected chi connectivity index (χ2v) is 24.8. The van der Waals surface area contributed by atoms with Crippen LogP contribution < -0.4 is 4.90 Å². The van der Waals surface area contributed by atoms with Gasteiger partial charge in [0.25, 0.3) is 0 Å². The maximum atomic E-state index is 2.42. The van der Waals surface area contributed by atoms with Gasteiger partial charge >= 0.3 is 0 Å². The van der Waals surface area contributed by atoms with Crippen LogP contribution in [0.1, 0.15) is 23.5 Å². The summed E-state index contributed by atoms with van der Waals surface area (Å²) in [5.41, 5.74) is 27.3. The van der Waals surface area contributed by atoms with Gasteiger partial charge in [0.05, 0.1) is 33.1 Å². The Morgan fingerprint density at radius 1 is 0.245 bits per heavy atom. The summed E-state index contributed by atoms with van der Waals surface area (Å²) in [5.74, 6) is 0.264.